The van der Waals surface area contributed by atoms with Crippen molar-refractivity contribution in [3.63, 3.8) is 0 Å². The summed E-state index contributed by atoms with van der Waals surface area (Å²) >= 11 is 0. The largest absolute Gasteiger partial charge is 0.456 e. The molecule has 0 N–H and O–H groups in total. The van der Waals surface area contributed by atoms with Crippen LogP contribution in [0.4, 0.5) is 34.1 Å². The molecule has 318 valence electrons. The van der Waals surface area contributed by atoms with Gasteiger partial charge in [0.15, 0.2) is 0 Å². The van der Waals surface area contributed by atoms with Gasteiger partial charge in [0.05, 0.1) is 11.4 Å². The second kappa shape index (κ2) is 15.1. The van der Waals surface area contributed by atoms with Crippen LogP contribution in [0.3, 0.4) is 0 Å². The topological polar surface area (TPSA) is 19.6 Å². The van der Waals surface area contributed by atoms with E-state index in [4.69, 9.17) is 4.42 Å². The molecule has 11 rings (SSSR count). The Kier molecular flexibility index (Phi) is 9.41. The Bertz CT molecular complexity index is 3400. The SMILES string of the molecule is Cc1ccc(N(c2ccc3cc4c(cc3c2)oc2cc3cc(N(c5ccc(C)cc5)c5cc6ccccc6cc5C(C)(C)C)ccc3cc24)c2cc3ccccc3cc2C(C)(C)C)cc1. The Hall–Kier alpha value is -7.36. The number of aryl methyl sites for hydroxylation is 2. The van der Waals surface area contributed by atoms with E-state index in [9.17, 15) is 0 Å². The highest BCUT2D eigenvalue weighted by Gasteiger charge is 2.27. The van der Waals surface area contributed by atoms with Gasteiger partial charge in [-0.3, -0.25) is 0 Å². The van der Waals surface area contributed by atoms with Crippen LogP contribution in [0.1, 0.15) is 63.8 Å². The molecule has 11 aromatic rings. The summed E-state index contributed by atoms with van der Waals surface area (Å²) in [6, 6.07) is 67.5. The van der Waals surface area contributed by atoms with E-state index >= 15 is 0 Å². The van der Waals surface area contributed by atoms with Gasteiger partial charge in [-0.2, -0.15) is 0 Å². The van der Waals surface area contributed by atoms with Gasteiger partial charge in [-0.05, 0) is 176 Å². The third kappa shape index (κ3) is 7.26. The van der Waals surface area contributed by atoms with Crippen LogP contribution in [-0.4, -0.2) is 0 Å². The molecule has 0 saturated heterocycles. The first-order chi connectivity index (χ1) is 31.2. The molecular formula is C62H54N2O. The van der Waals surface area contributed by atoms with Crippen molar-refractivity contribution in [3.8, 4) is 0 Å². The lowest BCUT2D eigenvalue weighted by Crippen LogP contribution is -2.19. The third-order valence-corrected chi connectivity index (χ3v) is 13.3. The van der Waals surface area contributed by atoms with Gasteiger partial charge in [-0.1, -0.05) is 138 Å². The predicted molar refractivity (Wildman–Crippen MR) is 280 cm³/mol. The van der Waals surface area contributed by atoms with Crippen LogP contribution in [0.2, 0.25) is 0 Å². The van der Waals surface area contributed by atoms with Crippen molar-refractivity contribution in [1.82, 2.24) is 0 Å². The lowest BCUT2D eigenvalue weighted by atomic mass is 9.83. The van der Waals surface area contributed by atoms with E-state index in [0.717, 1.165) is 55.5 Å². The van der Waals surface area contributed by atoms with Crippen LogP contribution < -0.4 is 9.80 Å². The second-order valence-corrected chi connectivity index (χ2v) is 20.1. The molecule has 0 atom stereocenters. The zero-order valence-corrected chi connectivity index (χ0v) is 38.6. The van der Waals surface area contributed by atoms with Crippen LogP contribution in [0.15, 0.2) is 186 Å². The summed E-state index contributed by atoms with van der Waals surface area (Å²) in [6.07, 6.45) is 0. The average Bonchev–Trinajstić information content (AvgIpc) is 3.63. The number of hydrogen-bond donors (Lipinski definition) is 0. The summed E-state index contributed by atoms with van der Waals surface area (Å²) in [5, 5.41) is 11.8. The minimum Gasteiger partial charge on any atom is -0.456 e. The van der Waals surface area contributed by atoms with Gasteiger partial charge in [-0.25, -0.2) is 0 Å². The van der Waals surface area contributed by atoms with E-state index in [-0.39, 0.29) is 10.8 Å². The van der Waals surface area contributed by atoms with Crippen molar-refractivity contribution in [3.05, 3.63) is 204 Å². The Labute approximate surface area is 382 Å². The molecule has 3 heteroatoms. The summed E-state index contributed by atoms with van der Waals surface area (Å²) < 4.78 is 6.83. The molecular weight excluding hydrogens is 789 g/mol. The number of hydrogen-bond acceptors (Lipinski definition) is 3. The predicted octanol–water partition coefficient (Wildman–Crippen LogP) is 18.4. The number of nitrogens with zero attached hydrogens (tertiary/aromatic N) is 2. The van der Waals surface area contributed by atoms with E-state index in [2.05, 4.69) is 247 Å². The third-order valence-electron chi connectivity index (χ3n) is 13.3. The quantitative estimate of drug-likeness (QED) is 0.166. The van der Waals surface area contributed by atoms with Crippen molar-refractivity contribution >= 4 is 99.2 Å². The van der Waals surface area contributed by atoms with E-state index in [1.807, 2.05) is 0 Å². The highest BCUT2D eigenvalue weighted by Crippen LogP contribution is 2.46. The van der Waals surface area contributed by atoms with Gasteiger partial charge in [0.1, 0.15) is 11.2 Å². The van der Waals surface area contributed by atoms with Crippen molar-refractivity contribution in [2.75, 3.05) is 9.80 Å². The summed E-state index contributed by atoms with van der Waals surface area (Å²) in [7, 11) is 0. The maximum atomic E-state index is 6.83. The molecule has 0 aliphatic heterocycles. The van der Waals surface area contributed by atoms with Gasteiger partial charge in [0, 0.05) is 33.5 Å². The monoisotopic (exact) mass is 842 g/mol. The number of furan rings is 1. The minimum absolute atomic E-state index is 0.0886. The van der Waals surface area contributed by atoms with Gasteiger partial charge in [0.2, 0.25) is 0 Å². The van der Waals surface area contributed by atoms with Crippen molar-refractivity contribution in [2.24, 2.45) is 0 Å². The molecule has 0 amide bonds. The number of anilines is 6. The van der Waals surface area contributed by atoms with Crippen LogP contribution in [0.5, 0.6) is 0 Å². The zero-order chi connectivity index (χ0) is 44.8. The molecule has 10 aromatic carbocycles. The van der Waals surface area contributed by atoms with Gasteiger partial charge in [0.25, 0.3) is 0 Å². The van der Waals surface area contributed by atoms with Crippen LogP contribution in [-0.2, 0) is 10.8 Å². The Morgan fingerprint density at radius 3 is 1.03 bits per heavy atom. The lowest BCUT2D eigenvalue weighted by molar-refractivity contribution is 0.591. The maximum Gasteiger partial charge on any atom is 0.136 e. The minimum atomic E-state index is -0.0886. The molecule has 0 unspecified atom stereocenters. The normalized spacial score (nSPS) is 12.3. The first kappa shape index (κ1) is 40.4. The summed E-state index contributed by atoms with van der Waals surface area (Å²) in [6.45, 7) is 18.2. The number of fused-ring (bicyclic) bond motifs is 7. The standard InChI is InChI=1S/C62H54N2O/c1-39-17-23-49(24-18-39)63(57-35-43-15-11-9-13-41(43)33-55(57)61(3,4)5)51-27-21-45-31-53-54-32-46-22-28-52(30-48(46)38-60(54)65-59(53)37-47(45)29-51)64(50-25-19-40(2)20-26-50)58-36-44-16-12-10-14-42(44)34-56(58)62(6,7)8/h9-38H,1-8H3. The van der Waals surface area contributed by atoms with Gasteiger partial charge < -0.3 is 14.2 Å². The number of benzene rings is 10. The molecule has 0 saturated carbocycles. The van der Waals surface area contributed by atoms with E-state index < -0.39 is 0 Å². The summed E-state index contributed by atoms with van der Waals surface area (Å²) in [5.41, 5.74) is 13.5. The lowest BCUT2D eigenvalue weighted by Gasteiger charge is -2.32. The fourth-order valence-corrected chi connectivity index (χ4v) is 9.79. The molecule has 0 bridgehead atoms. The molecule has 65 heavy (non-hydrogen) atoms. The highest BCUT2D eigenvalue weighted by molar-refractivity contribution is 6.14. The molecule has 1 aromatic heterocycles. The van der Waals surface area contributed by atoms with E-state index in [0.29, 0.717) is 0 Å². The molecule has 0 fully saturated rings. The van der Waals surface area contributed by atoms with Crippen molar-refractivity contribution in [1.29, 1.82) is 0 Å². The molecule has 0 aliphatic carbocycles. The van der Waals surface area contributed by atoms with Crippen molar-refractivity contribution < 1.29 is 4.42 Å². The molecule has 0 radical (unpaired) electrons. The molecule has 1 heterocycles. The fraction of sp³-hybridized carbons (Fsp3) is 0.161. The molecule has 3 nitrogen and oxygen atoms in total. The average molecular weight is 843 g/mol. The Morgan fingerprint density at radius 2 is 0.662 bits per heavy atom. The number of rotatable bonds is 6. The highest BCUT2D eigenvalue weighted by atomic mass is 16.3. The van der Waals surface area contributed by atoms with Crippen LogP contribution in [0.25, 0.3) is 65.0 Å². The van der Waals surface area contributed by atoms with Crippen LogP contribution >= 0.6 is 0 Å². The summed E-state index contributed by atoms with van der Waals surface area (Å²) in [4.78, 5) is 4.86. The molecule has 0 spiro atoms. The first-order valence-corrected chi connectivity index (χ1v) is 22.9. The Balaban J connectivity index is 1.05. The summed E-state index contributed by atoms with van der Waals surface area (Å²) in [5.74, 6) is 0. The Morgan fingerprint density at radius 1 is 0.323 bits per heavy atom. The second-order valence-electron chi connectivity index (χ2n) is 20.1. The van der Waals surface area contributed by atoms with Gasteiger partial charge in [-0.15, -0.1) is 0 Å². The smallest absolute Gasteiger partial charge is 0.136 e. The van der Waals surface area contributed by atoms with E-state index in [1.165, 1.54) is 65.9 Å². The van der Waals surface area contributed by atoms with E-state index in [1.54, 1.807) is 0 Å². The molecule has 0 aliphatic rings. The first-order valence-electron chi connectivity index (χ1n) is 22.9. The zero-order valence-electron chi connectivity index (χ0n) is 38.6. The van der Waals surface area contributed by atoms with Gasteiger partial charge >= 0.3 is 0 Å². The van der Waals surface area contributed by atoms with Crippen LogP contribution in [0, 0.1) is 13.8 Å². The maximum absolute atomic E-state index is 6.83. The fourth-order valence-electron chi connectivity index (χ4n) is 9.79. The van der Waals surface area contributed by atoms with Crippen molar-refractivity contribution in [2.45, 2.75) is 66.2 Å².